The van der Waals surface area contributed by atoms with Crippen molar-refractivity contribution in [1.82, 2.24) is 0 Å². The van der Waals surface area contributed by atoms with Crippen LogP contribution >= 0.6 is 15.9 Å². The van der Waals surface area contributed by atoms with Gasteiger partial charge in [-0.3, -0.25) is 10.1 Å². The minimum absolute atomic E-state index is 0.130. The van der Waals surface area contributed by atoms with Gasteiger partial charge < -0.3 is 5.32 Å². The second kappa shape index (κ2) is 4.18. The third kappa shape index (κ3) is 2.68. The minimum atomic E-state index is -0.361. The zero-order valence-corrected chi connectivity index (χ0v) is 9.66. The molecule has 80 valence electrons. The lowest BCUT2D eigenvalue weighted by Crippen LogP contribution is -2.05. The molecular weight excluding hydrogens is 260 g/mol. The molecule has 0 amide bonds. The number of rotatable bonds is 4. The number of benzene rings is 1. The number of nitrogens with zero attached hydrogens (tertiary/aromatic N) is 1. The highest BCUT2D eigenvalue weighted by Crippen LogP contribution is 2.32. The molecule has 1 aliphatic rings. The molecule has 0 aromatic heterocycles. The van der Waals surface area contributed by atoms with Crippen LogP contribution in [0.4, 0.5) is 11.4 Å². The van der Waals surface area contributed by atoms with Crippen LogP contribution in [-0.4, -0.2) is 11.5 Å². The Morgan fingerprint density at radius 1 is 1.53 bits per heavy atom. The van der Waals surface area contributed by atoms with E-state index < -0.39 is 0 Å². The van der Waals surface area contributed by atoms with Crippen LogP contribution < -0.4 is 5.32 Å². The number of hydrogen-bond acceptors (Lipinski definition) is 3. The second-order valence-corrected chi connectivity index (χ2v) is 4.66. The van der Waals surface area contributed by atoms with Crippen molar-refractivity contribution >= 4 is 27.3 Å². The average molecular weight is 271 g/mol. The largest absolute Gasteiger partial charge is 0.379 e. The lowest BCUT2D eigenvalue weighted by molar-refractivity contribution is -0.384. The van der Waals surface area contributed by atoms with Gasteiger partial charge in [-0.25, -0.2) is 0 Å². The molecule has 0 unspecified atom stereocenters. The van der Waals surface area contributed by atoms with Crippen LogP contribution in [0.5, 0.6) is 0 Å². The monoisotopic (exact) mass is 270 g/mol. The Hall–Kier alpha value is -1.10. The molecule has 2 rings (SSSR count). The number of hydrogen-bond donors (Lipinski definition) is 1. The molecule has 1 aromatic rings. The number of halogens is 1. The summed E-state index contributed by atoms with van der Waals surface area (Å²) in [4.78, 5) is 10.4. The summed E-state index contributed by atoms with van der Waals surface area (Å²) in [7, 11) is 0. The predicted molar refractivity (Wildman–Crippen MR) is 62.0 cm³/mol. The molecule has 1 fully saturated rings. The first kappa shape index (κ1) is 10.4. The van der Waals surface area contributed by atoms with Crippen LogP contribution in [0.2, 0.25) is 0 Å². The van der Waals surface area contributed by atoms with E-state index in [0.717, 1.165) is 11.0 Å². The number of nitro groups is 1. The van der Waals surface area contributed by atoms with Gasteiger partial charge in [0.05, 0.1) is 4.92 Å². The molecule has 1 aliphatic carbocycles. The zero-order chi connectivity index (χ0) is 10.8. The maximum atomic E-state index is 10.8. The zero-order valence-electron chi connectivity index (χ0n) is 8.07. The quantitative estimate of drug-likeness (QED) is 0.675. The van der Waals surface area contributed by atoms with Crippen LogP contribution in [0.25, 0.3) is 0 Å². The van der Waals surface area contributed by atoms with Gasteiger partial charge in [0, 0.05) is 17.1 Å². The maximum absolute atomic E-state index is 10.8. The summed E-state index contributed by atoms with van der Waals surface area (Å²) in [6.45, 7) is 0.836. The van der Waals surface area contributed by atoms with Crippen molar-refractivity contribution in [2.45, 2.75) is 12.8 Å². The van der Waals surface area contributed by atoms with Gasteiger partial charge in [0.1, 0.15) is 5.69 Å². The normalized spacial score (nSPS) is 15.0. The molecule has 1 saturated carbocycles. The molecule has 15 heavy (non-hydrogen) atoms. The molecule has 1 N–H and O–H groups in total. The molecule has 0 atom stereocenters. The van der Waals surface area contributed by atoms with Crippen molar-refractivity contribution in [3.8, 4) is 0 Å². The predicted octanol–water partition coefficient (Wildman–Crippen LogP) is 3.18. The Morgan fingerprint density at radius 3 is 2.87 bits per heavy atom. The van der Waals surface area contributed by atoms with Gasteiger partial charge in [0.2, 0.25) is 0 Å². The van der Waals surface area contributed by atoms with Gasteiger partial charge in [-0.05, 0) is 30.9 Å². The van der Waals surface area contributed by atoms with E-state index in [1.54, 1.807) is 6.07 Å². The molecule has 0 heterocycles. The lowest BCUT2D eigenvalue weighted by atomic mass is 10.2. The SMILES string of the molecule is O=[N+]([O-])c1cc(Br)ccc1NCC1CC1. The third-order valence-electron chi connectivity index (χ3n) is 2.43. The Balaban J connectivity index is 2.15. The summed E-state index contributed by atoms with van der Waals surface area (Å²) >= 11 is 3.22. The highest BCUT2D eigenvalue weighted by molar-refractivity contribution is 9.10. The molecule has 0 radical (unpaired) electrons. The van der Waals surface area contributed by atoms with Crippen molar-refractivity contribution in [2.75, 3.05) is 11.9 Å². The fraction of sp³-hybridized carbons (Fsp3) is 0.400. The van der Waals surface area contributed by atoms with E-state index in [2.05, 4.69) is 21.2 Å². The van der Waals surface area contributed by atoms with Crippen LogP contribution in [0, 0.1) is 16.0 Å². The van der Waals surface area contributed by atoms with Gasteiger partial charge in [0.25, 0.3) is 5.69 Å². The van der Waals surface area contributed by atoms with Crippen LogP contribution in [0.15, 0.2) is 22.7 Å². The molecule has 0 bridgehead atoms. The topological polar surface area (TPSA) is 55.2 Å². The van der Waals surface area contributed by atoms with E-state index in [9.17, 15) is 10.1 Å². The van der Waals surface area contributed by atoms with Gasteiger partial charge >= 0.3 is 0 Å². The molecule has 0 aliphatic heterocycles. The number of nitrogens with one attached hydrogen (secondary N) is 1. The summed E-state index contributed by atoms with van der Waals surface area (Å²) < 4.78 is 0.728. The maximum Gasteiger partial charge on any atom is 0.293 e. The van der Waals surface area contributed by atoms with E-state index in [-0.39, 0.29) is 10.6 Å². The second-order valence-electron chi connectivity index (χ2n) is 3.74. The smallest absolute Gasteiger partial charge is 0.293 e. The Kier molecular flexibility index (Phi) is 2.90. The van der Waals surface area contributed by atoms with Crippen LogP contribution in [0.1, 0.15) is 12.8 Å². The summed E-state index contributed by atoms with van der Waals surface area (Å²) in [5, 5.41) is 13.9. The first-order chi connectivity index (χ1) is 7.16. The minimum Gasteiger partial charge on any atom is -0.379 e. The first-order valence-electron chi connectivity index (χ1n) is 4.84. The van der Waals surface area contributed by atoms with Crippen LogP contribution in [-0.2, 0) is 0 Å². The molecule has 0 spiro atoms. The molecule has 0 saturated heterocycles. The highest BCUT2D eigenvalue weighted by Gasteiger charge is 2.22. The fourth-order valence-corrected chi connectivity index (χ4v) is 1.73. The highest BCUT2D eigenvalue weighted by atomic mass is 79.9. The van der Waals surface area contributed by atoms with Crippen molar-refractivity contribution in [3.05, 3.63) is 32.8 Å². The molecule has 4 nitrogen and oxygen atoms in total. The van der Waals surface area contributed by atoms with E-state index in [1.165, 1.54) is 18.9 Å². The van der Waals surface area contributed by atoms with Crippen molar-refractivity contribution in [1.29, 1.82) is 0 Å². The third-order valence-corrected chi connectivity index (χ3v) is 2.93. The van der Waals surface area contributed by atoms with Crippen molar-refractivity contribution in [2.24, 2.45) is 5.92 Å². The van der Waals surface area contributed by atoms with Gasteiger partial charge in [-0.2, -0.15) is 0 Å². The van der Waals surface area contributed by atoms with Crippen LogP contribution in [0.3, 0.4) is 0 Å². The van der Waals surface area contributed by atoms with E-state index >= 15 is 0 Å². The lowest BCUT2D eigenvalue weighted by Gasteiger charge is -2.06. The fourth-order valence-electron chi connectivity index (χ4n) is 1.38. The summed E-state index contributed by atoms with van der Waals surface area (Å²) in [5.74, 6) is 0.702. The number of nitro benzene ring substituents is 1. The average Bonchev–Trinajstić information content (AvgIpc) is 2.99. The molecule has 5 heteroatoms. The molecule has 1 aromatic carbocycles. The van der Waals surface area contributed by atoms with E-state index in [4.69, 9.17) is 0 Å². The Labute approximate surface area is 96.0 Å². The Morgan fingerprint density at radius 2 is 2.27 bits per heavy atom. The van der Waals surface area contributed by atoms with Gasteiger partial charge in [-0.15, -0.1) is 0 Å². The van der Waals surface area contributed by atoms with Gasteiger partial charge in [-0.1, -0.05) is 15.9 Å². The standard InChI is InChI=1S/C10H11BrN2O2/c11-8-3-4-9(10(5-8)13(14)15)12-6-7-1-2-7/h3-5,7,12H,1-2,6H2. The first-order valence-corrected chi connectivity index (χ1v) is 5.64. The van der Waals surface area contributed by atoms with Crippen molar-refractivity contribution in [3.63, 3.8) is 0 Å². The van der Waals surface area contributed by atoms with Gasteiger partial charge in [0.15, 0.2) is 0 Å². The Bertz CT molecular complexity index is 391. The van der Waals surface area contributed by atoms with E-state index in [0.29, 0.717) is 11.6 Å². The van der Waals surface area contributed by atoms with Crippen molar-refractivity contribution < 1.29 is 4.92 Å². The summed E-state index contributed by atoms with van der Waals surface area (Å²) in [6.07, 6.45) is 2.47. The van der Waals surface area contributed by atoms with E-state index in [1.807, 2.05) is 6.07 Å². The summed E-state index contributed by atoms with van der Waals surface area (Å²) in [6, 6.07) is 5.07. The summed E-state index contributed by atoms with van der Waals surface area (Å²) in [5.41, 5.74) is 0.736. The number of anilines is 1. The molecular formula is C10H11BrN2O2.